The van der Waals surface area contributed by atoms with Gasteiger partial charge in [-0.3, -0.25) is 4.79 Å². The fourth-order valence-corrected chi connectivity index (χ4v) is 2.64. The van der Waals surface area contributed by atoms with Crippen LogP contribution in [0, 0.1) is 0 Å². The Morgan fingerprint density at radius 1 is 0.821 bits per heavy atom. The summed E-state index contributed by atoms with van der Waals surface area (Å²) in [6, 6.07) is 25.5. The molecule has 1 N–H and O–H groups in total. The molecule has 3 aromatic rings. The van der Waals surface area contributed by atoms with Gasteiger partial charge in [0.2, 0.25) is 0 Å². The third-order valence-corrected chi connectivity index (χ3v) is 4.20. The fourth-order valence-electron chi connectivity index (χ4n) is 2.64. The normalized spacial score (nSPS) is 11.1. The second-order valence-corrected chi connectivity index (χ2v) is 6.55. The molecule has 0 aliphatic carbocycles. The van der Waals surface area contributed by atoms with Crippen LogP contribution in [0.2, 0.25) is 0 Å². The first-order valence-corrected chi connectivity index (χ1v) is 9.06. The van der Waals surface area contributed by atoms with Gasteiger partial charge in [-0.1, -0.05) is 60.7 Å². The maximum Gasteiger partial charge on any atom is 0.271 e. The fraction of sp³-hybridized carbons (Fsp3) is 0.0833. The van der Waals surface area contributed by atoms with Gasteiger partial charge in [0.05, 0.1) is 6.21 Å². The molecular weight excluding hydrogens is 346 g/mol. The molecule has 140 valence electrons. The standard InChI is InChI=1S/C24H23N3O/c1-27(2)23-15-13-22(14-16-23)24(28)26-25-18-21-10-6-9-20(17-21)12-11-19-7-4-3-5-8-19/h3-18H,1-2H3,(H,26,28). The number of hydrogen-bond donors (Lipinski definition) is 1. The Labute approximate surface area is 165 Å². The molecule has 0 spiro atoms. The van der Waals surface area contributed by atoms with E-state index < -0.39 is 0 Å². The van der Waals surface area contributed by atoms with E-state index in [0.717, 1.165) is 22.4 Å². The van der Waals surface area contributed by atoms with Crippen molar-refractivity contribution < 1.29 is 4.79 Å². The van der Waals surface area contributed by atoms with E-state index in [1.807, 2.05) is 73.6 Å². The van der Waals surface area contributed by atoms with E-state index in [1.165, 1.54) is 0 Å². The maximum absolute atomic E-state index is 12.2. The van der Waals surface area contributed by atoms with Crippen LogP contribution in [-0.4, -0.2) is 26.2 Å². The van der Waals surface area contributed by atoms with E-state index in [1.54, 1.807) is 18.3 Å². The predicted molar refractivity (Wildman–Crippen MR) is 118 cm³/mol. The molecule has 0 aliphatic rings. The number of carbonyl (C=O) groups excluding carboxylic acids is 1. The Kier molecular flexibility index (Phi) is 6.37. The molecule has 3 aromatic carbocycles. The van der Waals surface area contributed by atoms with Gasteiger partial charge in [-0.25, -0.2) is 5.43 Å². The van der Waals surface area contributed by atoms with Gasteiger partial charge in [0.25, 0.3) is 5.91 Å². The SMILES string of the molecule is CN(C)c1ccc(C(=O)NN=Cc2cccc(C=Cc3ccccc3)c2)cc1. The van der Waals surface area contributed by atoms with Crippen molar-refractivity contribution in [1.82, 2.24) is 5.43 Å². The topological polar surface area (TPSA) is 44.7 Å². The minimum atomic E-state index is -0.235. The minimum Gasteiger partial charge on any atom is -0.378 e. The lowest BCUT2D eigenvalue weighted by molar-refractivity contribution is 0.0955. The van der Waals surface area contributed by atoms with Crippen molar-refractivity contribution >= 4 is 30.0 Å². The van der Waals surface area contributed by atoms with Crippen molar-refractivity contribution in [1.29, 1.82) is 0 Å². The lowest BCUT2D eigenvalue weighted by atomic mass is 10.1. The van der Waals surface area contributed by atoms with Crippen LogP contribution in [0.5, 0.6) is 0 Å². The van der Waals surface area contributed by atoms with Crippen LogP contribution in [-0.2, 0) is 0 Å². The molecular formula is C24H23N3O. The molecule has 0 aliphatic heterocycles. The van der Waals surface area contributed by atoms with Gasteiger partial charge in [0.1, 0.15) is 0 Å². The molecule has 4 nitrogen and oxygen atoms in total. The zero-order valence-electron chi connectivity index (χ0n) is 16.0. The predicted octanol–water partition coefficient (Wildman–Crippen LogP) is 4.69. The lowest BCUT2D eigenvalue weighted by Gasteiger charge is -2.12. The highest BCUT2D eigenvalue weighted by molar-refractivity contribution is 5.95. The van der Waals surface area contributed by atoms with Crippen molar-refractivity contribution in [2.24, 2.45) is 5.10 Å². The molecule has 0 unspecified atom stereocenters. The van der Waals surface area contributed by atoms with E-state index in [0.29, 0.717) is 5.56 Å². The molecule has 4 heteroatoms. The highest BCUT2D eigenvalue weighted by atomic mass is 16.2. The highest BCUT2D eigenvalue weighted by Gasteiger charge is 2.04. The summed E-state index contributed by atoms with van der Waals surface area (Å²) in [6.45, 7) is 0. The molecule has 0 aromatic heterocycles. The molecule has 0 fully saturated rings. The van der Waals surface area contributed by atoms with Crippen LogP contribution in [0.25, 0.3) is 12.2 Å². The summed E-state index contributed by atoms with van der Waals surface area (Å²) in [6.07, 6.45) is 5.76. The number of carbonyl (C=O) groups is 1. The zero-order chi connectivity index (χ0) is 19.8. The quantitative estimate of drug-likeness (QED) is 0.389. The molecule has 0 atom stereocenters. The van der Waals surface area contributed by atoms with Gasteiger partial charge in [-0.15, -0.1) is 0 Å². The first-order valence-electron chi connectivity index (χ1n) is 9.06. The maximum atomic E-state index is 12.2. The third kappa shape index (κ3) is 5.42. The zero-order valence-corrected chi connectivity index (χ0v) is 16.0. The largest absolute Gasteiger partial charge is 0.378 e. The van der Waals surface area contributed by atoms with Crippen LogP contribution in [0.3, 0.4) is 0 Å². The van der Waals surface area contributed by atoms with Gasteiger partial charge in [-0.2, -0.15) is 5.10 Å². The van der Waals surface area contributed by atoms with Crippen LogP contribution >= 0.6 is 0 Å². The average Bonchev–Trinajstić information content (AvgIpc) is 2.73. The summed E-state index contributed by atoms with van der Waals surface area (Å²) in [7, 11) is 3.92. The summed E-state index contributed by atoms with van der Waals surface area (Å²) >= 11 is 0. The van der Waals surface area contributed by atoms with Crippen molar-refractivity contribution in [3.05, 3.63) is 101 Å². The summed E-state index contributed by atoms with van der Waals surface area (Å²) < 4.78 is 0. The van der Waals surface area contributed by atoms with Crippen LogP contribution in [0.4, 0.5) is 5.69 Å². The summed E-state index contributed by atoms with van der Waals surface area (Å²) in [5.74, 6) is -0.235. The molecule has 0 saturated heterocycles. The second kappa shape index (κ2) is 9.33. The number of hydrogen-bond acceptors (Lipinski definition) is 3. The van der Waals surface area contributed by atoms with E-state index in [-0.39, 0.29) is 5.91 Å². The van der Waals surface area contributed by atoms with Crippen molar-refractivity contribution in [2.75, 3.05) is 19.0 Å². The Morgan fingerprint density at radius 2 is 1.46 bits per heavy atom. The van der Waals surface area contributed by atoms with Crippen LogP contribution in [0.1, 0.15) is 27.0 Å². The monoisotopic (exact) mass is 369 g/mol. The number of hydrazone groups is 1. The minimum absolute atomic E-state index is 0.235. The Balaban J connectivity index is 1.61. The van der Waals surface area contributed by atoms with Gasteiger partial charge >= 0.3 is 0 Å². The van der Waals surface area contributed by atoms with Crippen molar-refractivity contribution in [2.45, 2.75) is 0 Å². The van der Waals surface area contributed by atoms with Gasteiger partial charge in [0, 0.05) is 25.3 Å². The van der Waals surface area contributed by atoms with E-state index in [9.17, 15) is 4.79 Å². The van der Waals surface area contributed by atoms with Crippen molar-refractivity contribution in [3.8, 4) is 0 Å². The molecule has 1 amide bonds. The molecule has 3 rings (SSSR count). The van der Waals surface area contributed by atoms with E-state index >= 15 is 0 Å². The average molecular weight is 369 g/mol. The summed E-state index contributed by atoms with van der Waals surface area (Å²) in [5, 5.41) is 4.08. The van der Waals surface area contributed by atoms with Gasteiger partial charge in [-0.05, 0) is 47.0 Å². The Bertz CT molecular complexity index is 974. The molecule has 0 radical (unpaired) electrons. The summed E-state index contributed by atoms with van der Waals surface area (Å²) in [4.78, 5) is 14.2. The van der Waals surface area contributed by atoms with Crippen LogP contribution < -0.4 is 10.3 Å². The highest BCUT2D eigenvalue weighted by Crippen LogP contribution is 2.12. The lowest BCUT2D eigenvalue weighted by Crippen LogP contribution is -2.17. The smallest absolute Gasteiger partial charge is 0.271 e. The summed E-state index contributed by atoms with van der Waals surface area (Å²) in [5.41, 5.74) is 7.32. The molecule has 0 bridgehead atoms. The molecule has 0 heterocycles. The van der Waals surface area contributed by atoms with Gasteiger partial charge in [0.15, 0.2) is 0 Å². The number of benzene rings is 3. The third-order valence-electron chi connectivity index (χ3n) is 4.20. The number of nitrogens with one attached hydrogen (secondary N) is 1. The first kappa shape index (κ1) is 19.1. The number of nitrogens with zero attached hydrogens (tertiary/aromatic N) is 2. The molecule has 0 saturated carbocycles. The van der Waals surface area contributed by atoms with E-state index in [4.69, 9.17) is 0 Å². The van der Waals surface area contributed by atoms with E-state index in [2.05, 4.69) is 34.8 Å². The number of anilines is 1. The Morgan fingerprint density at radius 3 is 2.18 bits per heavy atom. The first-order chi connectivity index (χ1) is 13.6. The van der Waals surface area contributed by atoms with Gasteiger partial charge < -0.3 is 4.90 Å². The van der Waals surface area contributed by atoms with Crippen molar-refractivity contribution in [3.63, 3.8) is 0 Å². The van der Waals surface area contributed by atoms with Crippen LogP contribution in [0.15, 0.2) is 84.0 Å². The second-order valence-electron chi connectivity index (χ2n) is 6.55. The number of amides is 1. The molecule has 28 heavy (non-hydrogen) atoms. The Hall–Kier alpha value is -3.66. The number of rotatable bonds is 6.